The summed E-state index contributed by atoms with van der Waals surface area (Å²) < 4.78 is 8.46. The van der Waals surface area contributed by atoms with Gasteiger partial charge in [-0.3, -0.25) is 13.8 Å². The third-order valence-electron chi connectivity index (χ3n) is 4.24. The molecule has 4 aromatic rings. The van der Waals surface area contributed by atoms with Gasteiger partial charge in [0.15, 0.2) is 5.16 Å². The number of hydrogen-bond acceptors (Lipinski definition) is 5. The van der Waals surface area contributed by atoms with Gasteiger partial charge in [-0.25, -0.2) is 0 Å². The highest BCUT2D eigenvalue weighted by molar-refractivity contribution is 7.98. The molecule has 2 heterocycles. The Morgan fingerprint density at radius 3 is 2.63 bits per heavy atom. The van der Waals surface area contributed by atoms with Crippen molar-refractivity contribution < 1.29 is 4.74 Å². The largest absolute Gasteiger partial charge is 0.497 e. The van der Waals surface area contributed by atoms with Gasteiger partial charge in [0.05, 0.1) is 7.11 Å². The summed E-state index contributed by atoms with van der Waals surface area (Å²) in [6, 6.07) is 15.6. The summed E-state index contributed by atoms with van der Waals surface area (Å²) in [5.74, 6) is 1.51. The van der Waals surface area contributed by atoms with Crippen molar-refractivity contribution in [1.29, 1.82) is 0 Å². The first-order chi connectivity index (χ1) is 13.2. The van der Waals surface area contributed by atoms with E-state index < -0.39 is 0 Å². The van der Waals surface area contributed by atoms with E-state index in [1.165, 1.54) is 11.1 Å². The van der Waals surface area contributed by atoms with E-state index in [9.17, 15) is 4.79 Å². The fraction of sp³-hybridized carbons (Fsp3) is 0.150. The second-order valence-corrected chi connectivity index (χ2v) is 7.07. The third kappa shape index (κ3) is 3.46. The highest BCUT2D eigenvalue weighted by Gasteiger charge is 2.12. The molecule has 6 nitrogen and oxygen atoms in total. The molecule has 0 aliphatic rings. The first-order valence-corrected chi connectivity index (χ1v) is 9.43. The van der Waals surface area contributed by atoms with Crippen LogP contribution in [0.1, 0.15) is 11.1 Å². The van der Waals surface area contributed by atoms with Crippen LogP contribution in [0, 0.1) is 6.92 Å². The van der Waals surface area contributed by atoms with Crippen LogP contribution in [0.5, 0.6) is 5.75 Å². The Morgan fingerprint density at radius 2 is 1.89 bits per heavy atom. The molecule has 0 atom stereocenters. The molecule has 0 saturated heterocycles. The average Bonchev–Trinajstić information content (AvgIpc) is 3.11. The van der Waals surface area contributed by atoms with Crippen molar-refractivity contribution in [2.24, 2.45) is 0 Å². The topological polar surface area (TPSA) is 61.4 Å². The number of fused-ring (bicyclic) bond motifs is 1. The lowest BCUT2D eigenvalue weighted by Crippen LogP contribution is -2.20. The van der Waals surface area contributed by atoms with Crippen LogP contribution in [0.4, 0.5) is 0 Å². The first-order valence-electron chi connectivity index (χ1n) is 8.45. The van der Waals surface area contributed by atoms with Crippen LogP contribution >= 0.6 is 11.8 Å². The van der Waals surface area contributed by atoms with Gasteiger partial charge in [-0.1, -0.05) is 41.6 Å². The number of aromatic nitrogens is 4. The highest BCUT2D eigenvalue weighted by atomic mass is 32.2. The van der Waals surface area contributed by atoms with E-state index in [1.807, 2.05) is 36.5 Å². The molecule has 0 spiro atoms. The zero-order valence-corrected chi connectivity index (χ0v) is 15.8. The molecule has 0 unspecified atom stereocenters. The van der Waals surface area contributed by atoms with E-state index >= 15 is 0 Å². The molecule has 27 heavy (non-hydrogen) atoms. The first kappa shape index (κ1) is 17.4. The van der Waals surface area contributed by atoms with Gasteiger partial charge in [0, 0.05) is 23.8 Å². The smallest absolute Gasteiger partial charge is 0.300 e. The normalized spacial score (nSPS) is 11.0. The minimum absolute atomic E-state index is 0.211. The van der Waals surface area contributed by atoms with Crippen molar-refractivity contribution in [2.45, 2.75) is 17.8 Å². The molecule has 0 amide bonds. The van der Waals surface area contributed by atoms with Crippen LogP contribution in [0.25, 0.3) is 11.3 Å². The van der Waals surface area contributed by atoms with Crippen molar-refractivity contribution >= 4 is 17.4 Å². The van der Waals surface area contributed by atoms with Gasteiger partial charge >= 0.3 is 5.56 Å². The van der Waals surface area contributed by atoms with E-state index in [-0.39, 0.29) is 5.56 Å². The SMILES string of the molecule is COc1ccc(-n2ccn3c(SCc4cccc(C)c4)nnc3c2=O)cc1. The molecule has 0 aliphatic heterocycles. The molecule has 4 rings (SSSR count). The summed E-state index contributed by atoms with van der Waals surface area (Å²) >= 11 is 1.56. The van der Waals surface area contributed by atoms with Crippen LogP contribution < -0.4 is 10.3 Å². The van der Waals surface area contributed by atoms with Crippen LogP contribution in [0.15, 0.2) is 70.9 Å². The Labute approximate surface area is 160 Å². The maximum atomic E-state index is 12.8. The van der Waals surface area contributed by atoms with Crippen LogP contribution in [-0.4, -0.2) is 26.3 Å². The van der Waals surface area contributed by atoms with Gasteiger partial charge in [0.2, 0.25) is 5.65 Å². The highest BCUT2D eigenvalue weighted by Crippen LogP contribution is 2.22. The molecule has 7 heteroatoms. The van der Waals surface area contributed by atoms with Crippen LogP contribution in [-0.2, 0) is 5.75 Å². The fourth-order valence-corrected chi connectivity index (χ4v) is 3.72. The lowest BCUT2D eigenvalue weighted by atomic mass is 10.2. The average molecular weight is 378 g/mol. The van der Waals surface area contributed by atoms with Gasteiger partial charge < -0.3 is 4.74 Å². The second kappa shape index (κ2) is 7.28. The Hall–Kier alpha value is -3.06. The molecule has 136 valence electrons. The van der Waals surface area contributed by atoms with E-state index in [2.05, 4.69) is 35.3 Å². The minimum atomic E-state index is -0.211. The van der Waals surface area contributed by atoms with Crippen molar-refractivity contribution in [3.05, 3.63) is 82.4 Å². The second-order valence-electron chi connectivity index (χ2n) is 6.13. The predicted octanol–water partition coefficient (Wildman–Crippen LogP) is 3.49. The van der Waals surface area contributed by atoms with Gasteiger partial charge in [-0.05, 0) is 36.8 Å². The van der Waals surface area contributed by atoms with Crippen LogP contribution in [0.3, 0.4) is 0 Å². The van der Waals surface area contributed by atoms with Gasteiger partial charge in [0.1, 0.15) is 5.75 Å². The quantitative estimate of drug-likeness (QED) is 0.498. The van der Waals surface area contributed by atoms with E-state index in [4.69, 9.17) is 4.74 Å². The lowest BCUT2D eigenvalue weighted by Gasteiger charge is -2.07. The lowest BCUT2D eigenvalue weighted by molar-refractivity contribution is 0.414. The zero-order chi connectivity index (χ0) is 18.8. The Kier molecular flexibility index (Phi) is 4.68. The van der Waals surface area contributed by atoms with Crippen molar-refractivity contribution in [3.63, 3.8) is 0 Å². The fourth-order valence-electron chi connectivity index (χ4n) is 2.86. The molecule has 0 fully saturated rings. The van der Waals surface area contributed by atoms with Gasteiger partial charge in [-0.15, -0.1) is 10.2 Å². The Morgan fingerprint density at radius 1 is 1.07 bits per heavy atom. The van der Waals surface area contributed by atoms with Crippen molar-refractivity contribution in [1.82, 2.24) is 19.2 Å². The number of methoxy groups -OCH3 is 1. The molecular weight excluding hydrogens is 360 g/mol. The molecule has 2 aromatic carbocycles. The maximum Gasteiger partial charge on any atom is 0.300 e. The summed E-state index contributed by atoms with van der Waals surface area (Å²) in [5, 5.41) is 9.00. The summed E-state index contributed by atoms with van der Waals surface area (Å²) in [5.41, 5.74) is 3.28. The number of hydrogen-bond donors (Lipinski definition) is 0. The monoisotopic (exact) mass is 378 g/mol. The molecule has 0 bridgehead atoms. The van der Waals surface area contributed by atoms with E-state index in [0.29, 0.717) is 10.8 Å². The number of nitrogens with zero attached hydrogens (tertiary/aromatic N) is 4. The number of aryl methyl sites for hydroxylation is 1. The molecule has 0 N–H and O–H groups in total. The summed E-state index contributed by atoms with van der Waals surface area (Å²) in [6.45, 7) is 2.07. The van der Waals surface area contributed by atoms with E-state index in [0.717, 1.165) is 17.2 Å². The third-order valence-corrected chi connectivity index (χ3v) is 5.25. The van der Waals surface area contributed by atoms with Crippen molar-refractivity contribution in [2.75, 3.05) is 7.11 Å². The van der Waals surface area contributed by atoms with Gasteiger partial charge in [0.25, 0.3) is 0 Å². The minimum Gasteiger partial charge on any atom is -0.497 e. The summed E-state index contributed by atoms with van der Waals surface area (Å²) in [4.78, 5) is 12.8. The molecule has 0 aliphatic carbocycles. The van der Waals surface area contributed by atoms with Gasteiger partial charge in [-0.2, -0.15) is 0 Å². The van der Waals surface area contributed by atoms with Crippen molar-refractivity contribution in [3.8, 4) is 11.4 Å². The molecule has 0 saturated carbocycles. The molecule has 2 aromatic heterocycles. The number of thioether (sulfide) groups is 1. The molecule has 0 radical (unpaired) electrons. The zero-order valence-electron chi connectivity index (χ0n) is 15.0. The number of rotatable bonds is 5. The van der Waals surface area contributed by atoms with Crippen LogP contribution in [0.2, 0.25) is 0 Å². The number of ether oxygens (including phenoxy) is 1. The summed E-state index contributed by atoms with van der Waals surface area (Å²) in [7, 11) is 1.61. The maximum absolute atomic E-state index is 12.8. The molecular formula is C20H18N4O2S. The van der Waals surface area contributed by atoms with E-state index in [1.54, 1.807) is 34.0 Å². The Balaban J connectivity index is 1.64. The number of benzene rings is 2. The standard InChI is InChI=1S/C20H18N4O2S/c1-14-4-3-5-15(12-14)13-27-20-22-21-18-19(25)23(10-11-24(18)20)16-6-8-17(26-2)9-7-16/h3-12H,13H2,1-2H3. The Bertz CT molecular complexity index is 1150. The predicted molar refractivity (Wildman–Crippen MR) is 106 cm³/mol. The summed E-state index contributed by atoms with van der Waals surface area (Å²) in [6.07, 6.45) is 3.55.